The molecule has 2 amide bonds. The summed E-state index contributed by atoms with van der Waals surface area (Å²) >= 11 is 1.41. The molecular formula is C22H25N3O4S. The Hall–Kier alpha value is -3.00. The van der Waals surface area contributed by atoms with Crippen molar-refractivity contribution >= 4 is 39.9 Å². The van der Waals surface area contributed by atoms with Crippen molar-refractivity contribution in [2.75, 3.05) is 5.32 Å². The Kier molecular flexibility index (Phi) is 6.07. The number of rotatable bonds is 5. The number of nitro groups is 1. The summed E-state index contributed by atoms with van der Waals surface area (Å²) in [5.41, 5.74) is 7.63. The number of carbonyl (C=O) groups is 2. The lowest BCUT2D eigenvalue weighted by Gasteiger charge is -2.33. The van der Waals surface area contributed by atoms with Crippen molar-refractivity contribution in [3.8, 4) is 0 Å². The van der Waals surface area contributed by atoms with E-state index in [-0.39, 0.29) is 11.1 Å². The van der Waals surface area contributed by atoms with Crippen LogP contribution in [0, 0.1) is 21.4 Å². The van der Waals surface area contributed by atoms with Crippen LogP contribution in [0.4, 0.5) is 10.7 Å². The molecule has 1 atom stereocenters. The zero-order chi connectivity index (χ0) is 22.1. The molecule has 0 unspecified atom stereocenters. The zero-order valence-electron chi connectivity index (χ0n) is 17.2. The number of primary amides is 1. The number of nitrogens with one attached hydrogen (secondary N) is 1. The van der Waals surface area contributed by atoms with E-state index in [9.17, 15) is 19.7 Å². The molecule has 1 aromatic heterocycles. The molecule has 0 aliphatic heterocycles. The van der Waals surface area contributed by atoms with Gasteiger partial charge in [0.25, 0.3) is 11.6 Å². The Bertz CT molecular complexity index is 1030. The maximum absolute atomic E-state index is 12.4. The van der Waals surface area contributed by atoms with Crippen LogP contribution in [0.15, 0.2) is 30.3 Å². The van der Waals surface area contributed by atoms with E-state index in [0.717, 1.165) is 29.7 Å². The minimum Gasteiger partial charge on any atom is -0.365 e. The van der Waals surface area contributed by atoms with Gasteiger partial charge >= 0.3 is 0 Å². The highest BCUT2D eigenvalue weighted by Gasteiger charge is 2.33. The van der Waals surface area contributed by atoms with Gasteiger partial charge in [-0.15, -0.1) is 11.3 Å². The summed E-state index contributed by atoms with van der Waals surface area (Å²) in [6, 6.07) is 5.99. The van der Waals surface area contributed by atoms with Crippen molar-refractivity contribution in [2.24, 2.45) is 17.1 Å². The summed E-state index contributed by atoms with van der Waals surface area (Å²) in [5.74, 6) is -0.462. The van der Waals surface area contributed by atoms with Gasteiger partial charge in [-0.3, -0.25) is 19.7 Å². The first-order valence-electron chi connectivity index (χ1n) is 9.74. The van der Waals surface area contributed by atoms with Gasteiger partial charge in [0.1, 0.15) is 5.00 Å². The number of benzene rings is 1. The highest BCUT2D eigenvalue weighted by Crippen LogP contribution is 2.44. The van der Waals surface area contributed by atoms with E-state index in [1.165, 1.54) is 35.6 Å². The summed E-state index contributed by atoms with van der Waals surface area (Å²) in [6.07, 6.45) is 5.40. The van der Waals surface area contributed by atoms with Crippen molar-refractivity contribution in [2.45, 2.75) is 40.0 Å². The summed E-state index contributed by atoms with van der Waals surface area (Å²) in [6.45, 7) is 6.64. The number of thiophene rings is 1. The molecule has 0 saturated carbocycles. The standard InChI is InChI=1S/C22H25N3O4S/c1-22(2,3)14-8-9-16-17(12-14)30-21(19(16)20(23)27)24-18(26)10-7-13-5-4-6-15(11-13)25(28)29/h4-7,10-11,14H,8-9,12H2,1-3H3,(H2,23,27)(H,24,26)/b10-7-/t14-/m0/s1. The molecule has 3 rings (SSSR count). The predicted molar refractivity (Wildman–Crippen MR) is 119 cm³/mol. The van der Waals surface area contributed by atoms with Crippen molar-refractivity contribution in [1.82, 2.24) is 0 Å². The van der Waals surface area contributed by atoms with Crippen LogP contribution in [0.5, 0.6) is 0 Å². The number of anilines is 1. The van der Waals surface area contributed by atoms with E-state index in [1.54, 1.807) is 12.1 Å². The largest absolute Gasteiger partial charge is 0.365 e. The molecule has 1 heterocycles. The highest BCUT2D eigenvalue weighted by atomic mass is 32.1. The van der Waals surface area contributed by atoms with Gasteiger partial charge in [-0.1, -0.05) is 32.9 Å². The minimum atomic E-state index is -0.542. The van der Waals surface area contributed by atoms with Crippen LogP contribution in [0.3, 0.4) is 0 Å². The lowest BCUT2D eigenvalue weighted by Crippen LogP contribution is -2.27. The van der Waals surface area contributed by atoms with E-state index >= 15 is 0 Å². The fourth-order valence-electron chi connectivity index (χ4n) is 3.74. The highest BCUT2D eigenvalue weighted by molar-refractivity contribution is 7.17. The molecule has 1 aromatic carbocycles. The molecule has 0 bridgehead atoms. The van der Waals surface area contributed by atoms with Gasteiger partial charge in [-0.05, 0) is 47.8 Å². The van der Waals surface area contributed by atoms with Gasteiger partial charge in [-0.25, -0.2) is 0 Å². The summed E-state index contributed by atoms with van der Waals surface area (Å²) < 4.78 is 0. The second-order valence-electron chi connectivity index (χ2n) is 8.55. The van der Waals surface area contributed by atoms with Gasteiger partial charge in [0.15, 0.2) is 0 Å². The molecule has 0 spiro atoms. The first kappa shape index (κ1) is 21.7. The van der Waals surface area contributed by atoms with Crippen molar-refractivity contribution < 1.29 is 14.5 Å². The van der Waals surface area contributed by atoms with Gasteiger partial charge in [0.05, 0.1) is 10.5 Å². The molecule has 0 saturated heterocycles. The lowest BCUT2D eigenvalue weighted by atomic mass is 9.72. The normalized spacial score (nSPS) is 16.3. The fraction of sp³-hybridized carbons (Fsp3) is 0.364. The van der Waals surface area contributed by atoms with Gasteiger partial charge < -0.3 is 11.1 Å². The van der Waals surface area contributed by atoms with E-state index in [2.05, 4.69) is 26.1 Å². The third-order valence-corrected chi connectivity index (χ3v) is 6.65. The zero-order valence-corrected chi connectivity index (χ0v) is 18.0. The van der Waals surface area contributed by atoms with E-state index in [0.29, 0.717) is 22.0 Å². The maximum atomic E-state index is 12.4. The van der Waals surface area contributed by atoms with E-state index < -0.39 is 16.7 Å². The van der Waals surface area contributed by atoms with Crippen LogP contribution in [-0.4, -0.2) is 16.7 Å². The molecule has 30 heavy (non-hydrogen) atoms. The Morgan fingerprint density at radius 1 is 1.33 bits per heavy atom. The van der Waals surface area contributed by atoms with E-state index in [1.807, 2.05) is 0 Å². The summed E-state index contributed by atoms with van der Waals surface area (Å²) in [4.78, 5) is 36.0. The van der Waals surface area contributed by atoms with Crippen LogP contribution in [0.2, 0.25) is 0 Å². The average Bonchev–Trinajstić information content (AvgIpc) is 3.03. The number of non-ortho nitro benzene ring substituents is 1. The summed E-state index contributed by atoms with van der Waals surface area (Å²) in [5, 5.41) is 14.1. The SMILES string of the molecule is CC(C)(C)[C@H]1CCc2c(sc(NC(=O)/C=C\c3cccc([N+](=O)[O-])c3)c2C(N)=O)C1. The Balaban J connectivity index is 1.80. The Morgan fingerprint density at radius 2 is 2.07 bits per heavy atom. The molecule has 158 valence electrons. The third kappa shape index (κ3) is 4.76. The second kappa shape index (κ2) is 8.39. The maximum Gasteiger partial charge on any atom is 0.270 e. The number of hydrogen-bond donors (Lipinski definition) is 2. The molecular weight excluding hydrogens is 402 g/mol. The quantitative estimate of drug-likeness (QED) is 0.413. The first-order chi connectivity index (χ1) is 14.1. The lowest BCUT2D eigenvalue weighted by molar-refractivity contribution is -0.384. The number of nitro benzene ring substituents is 1. The fourth-order valence-corrected chi connectivity index (χ4v) is 5.08. The number of fused-ring (bicyclic) bond motifs is 1. The molecule has 0 radical (unpaired) electrons. The number of nitrogens with two attached hydrogens (primary N) is 1. The van der Waals surface area contributed by atoms with Crippen LogP contribution < -0.4 is 11.1 Å². The monoisotopic (exact) mass is 427 g/mol. The Labute approximate surface area is 179 Å². The van der Waals surface area contributed by atoms with Crippen LogP contribution in [0.25, 0.3) is 6.08 Å². The van der Waals surface area contributed by atoms with Gasteiger partial charge in [0, 0.05) is 23.1 Å². The molecule has 2 aromatic rings. The number of carbonyl (C=O) groups excluding carboxylic acids is 2. The van der Waals surface area contributed by atoms with Crippen molar-refractivity contribution in [3.05, 3.63) is 62.0 Å². The average molecular weight is 428 g/mol. The van der Waals surface area contributed by atoms with Crippen LogP contribution >= 0.6 is 11.3 Å². The second-order valence-corrected chi connectivity index (χ2v) is 9.66. The third-order valence-electron chi connectivity index (χ3n) is 5.48. The molecule has 0 fully saturated rings. The van der Waals surface area contributed by atoms with Crippen molar-refractivity contribution in [3.63, 3.8) is 0 Å². The molecule has 7 nitrogen and oxygen atoms in total. The van der Waals surface area contributed by atoms with Gasteiger partial charge in [-0.2, -0.15) is 0 Å². The number of nitrogens with zero attached hydrogens (tertiary/aromatic N) is 1. The van der Waals surface area contributed by atoms with E-state index in [4.69, 9.17) is 5.73 Å². The molecule has 8 heteroatoms. The number of amides is 2. The molecule has 1 aliphatic carbocycles. The topological polar surface area (TPSA) is 115 Å². The Morgan fingerprint density at radius 3 is 2.70 bits per heavy atom. The first-order valence-corrected chi connectivity index (χ1v) is 10.6. The smallest absolute Gasteiger partial charge is 0.270 e. The number of hydrogen-bond acceptors (Lipinski definition) is 5. The van der Waals surface area contributed by atoms with Crippen molar-refractivity contribution in [1.29, 1.82) is 0 Å². The summed E-state index contributed by atoms with van der Waals surface area (Å²) in [7, 11) is 0. The van der Waals surface area contributed by atoms with Gasteiger partial charge in [0.2, 0.25) is 5.91 Å². The molecule has 3 N–H and O–H groups in total. The minimum absolute atomic E-state index is 0.0482. The van der Waals surface area contributed by atoms with Crippen LogP contribution in [0.1, 0.15) is 53.6 Å². The predicted octanol–water partition coefficient (Wildman–Crippen LogP) is 4.56. The molecule has 1 aliphatic rings. The van der Waals surface area contributed by atoms with Crippen LogP contribution in [-0.2, 0) is 17.6 Å².